The average Bonchev–Trinajstić information content (AvgIpc) is 2.18. The lowest BCUT2D eigenvalue weighted by Gasteiger charge is -2.22. The molecule has 1 unspecified atom stereocenters. The van der Waals surface area contributed by atoms with Crippen LogP contribution in [0.4, 0.5) is 4.39 Å². The van der Waals surface area contributed by atoms with Crippen molar-refractivity contribution in [3.63, 3.8) is 0 Å². The fourth-order valence-electron chi connectivity index (χ4n) is 1.35. The van der Waals surface area contributed by atoms with E-state index in [0.717, 1.165) is 0 Å². The van der Waals surface area contributed by atoms with E-state index >= 15 is 0 Å². The largest absolute Gasteiger partial charge is 0.390 e. The van der Waals surface area contributed by atoms with Crippen molar-refractivity contribution in [3.8, 4) is 0 Å². The van der Waals surface area contributed by atoms with Crippen LogP contribution in [0.5, 0.6) is 0 Å². The highest BCUT2D eigenvalue weighted by atomic mass is 35.5. The maximum absolute atomic E-state index is 13.4. The molecule has 4 heteroatoms. The summed E-state index contributed by atoms with van der Waals surface area (Å²) < 4.78 is 18.9. The maximum Gasteiger partial charge on any atom is 0.127 e. The molecule has 2 nitrogen and oxygen atoms in total. The van der Waals surface area contributed by atoms with Crippen LogP contribution in [0.1, 0.15) is 26.3 Å². The van der Waals surface area contributed by atoms with E-state index in [2.05, 4.69) is 0 Å². The van der Waals surface area contributed by atoms with Gasteiger partial charge in [-0.25, -0.2) is 4.39 Å². The second-order valence-electron chi connectivity index (χ2n) is 5.02. The molecular weight excluding hydrogens is 243 g/mol. The molecule has 0 saturated carbocycles. The second kappa shape index (κ2) is 5.80. The highest BCUT2D eigenvalue weighted by Crippen LogP contribution is 2.16. The summed E-state index contributed by atoms with van der Waals surface area (Å²) in [5.74, 6) is -0.396. The van der Waals surface area contributed by atoms with Crippen LogP contribution in [-0.4, -0.2) is 23.4 Å². The number of aliphatic hydroxyl groups excluding tert-OH is 1. The van der Waals surface area contributed by atoms with E-state index in [4.69, 9.17) is 16.3 Å². The molecule has 0 aromatic heterocycles. The summed E-state index contributed by atoms with van der Waals surface area (Å²) in [5.41, 5.74) is 0.138. The molecule has 1 N–H and O–H groups in total. The minimum absolute atomic E-state index is 0.186. The van der Waals surface area contributed by atoms with Gasteiger partial charge in [-0.1, -0.05) is 17.7 Å². The molecule has 0 saturated heterocycles. The van der Waals surface area contributed by atoms with Crippen LogP contribution < -0.4 is 0 Å². The lowest BCUT2D eigenvalue weighted by atomic mass is 10.1. The summed E-state index contributed by atoms with van der Waals surface area (Å²) in [5, 5.41) is 10.1. The highest BCUT2D eigenvalue weighted by Gasteiger charge is 2.15. The van der Waals surface area contributed by atoms with Gasteiger partial charge in [0.1, 0.15) is 5.82 Å². The van der Waals surface area contributed by atoms with Crippen molar-refractivity contribution < 1.29 is 14.2 Å². The number of benzene rings is 1. The third-order valence-corrected chi connectivity index (χ3v) is 2.41. The Hall–Kier alpha value is -0.640. The van der Waals surface area contributed by atoms with Gasteiger partial charge in [-0.05, 0) is 38.5 Å². The predicted molar refractivity (Wildman–Crippen MR) is 66.8 cm³/mol. The average molecular weight is 261 g/mol. The molecule has 0 aliphatic carbocycles. The normalized spacial score (nSPS) is 13.8. The maximum atomic E-state index is 13.4. The Morgan fingerprint density at radius 3 is 2.59 bits per heavy atom. The molecule has 1 aromatic carbocycles. The Labute approximate surface area is 106 Å². The third kappa shape index (κ3) is 5.48. The molecule has 0 amide bonds. The molecule has 96 valence electrons. The molecule has 0 radical (unpaired) electrons. The Kier molecular flexibility index (Phi) is 4.92. The van der Waals surface area contributed by atoms with Gasteiger partial charge in [0.2, 0.25) is 0 Å². The topological polar surface area (TPSA) is 29.5 Å². The van der Waals surface area contributed by atoms with Gasteiger partial charge in [0.25, 0.3) is 0 Å². The number of halogens is 2. The van der Waals surface area contributed by atoms with Gasteiger partial charge in [0.15, 0.2) is 0 Å². The molecule has 1 aromatic rings. The summed E-state index contributed by atoms with van der Waals surface area (Å²) in [4.78, 5) is 0. The van der Waals surface area contributed by atoms with E-state index < -0.39 is 11.9 Å². The molecule has 0 heterocycles. The van der Waals surface area contributed by atoms with E-state index in [9.17, 15) is 9.50 Å². The van der Waals surface area contributed by atoms with Crippen LogP contribution in [-0.2, 0) is 11.2 Å². The van der Waals surface area contributed by atoms with E-state index in [1.807, 2.05) is 20.8 Å². The van der Waals surface area contributed by atoms with E-state index in [1.54, 1.807) is 12.1 Å². The number of ether oxygens (including phenoxy) is 1. The van der Waals surface area contributed by atoms with Crippen LogP contribution in [0.25, 0.3) is 0 Å². The molecule has 0 fully saturated rings. The van der Waals surface area contributed by atoms with Crippen LogP contribution in [0.3, 0.4) is 0 Å². The molecular formula is C13H18ClFO2. The summed E-state index contributed by atoms with van der Waals surface area (Å²) in [7, 11) is 0. The van der Waals surface area contributed by atoms with Crippen LogP contribution in [0.15, 0.2) is 18.2 Å². The van der Waals surface area contributed by atoms with E-state index in [0.29, 0.717) is 10.6 Å². The molecule has 1 atom stereocenters. The first-order valence-corrected chi connectivity index (χ1v) is 5.92. The first-order chi connectivity index (χ1) is 7.78. The fraction of sp³-hybridized carbons (Fsp3) is 0.538. The predicted octanol–water partition coefficient (Wildman–Crippen LogP) is 3.20. The van der Waals surface area contributed by atoms with Crippen molar-refractivity contribution in [1.82, 2.24) is 0 Å². The van der Waals surface area contributed by atoms with Crippen molar-refractivity contribution in [1.29, 1.82) is 0 Å². The van der Waals surface area contributed by atoms with Gasteiger partial charge in [-0.15, -0.1) is 0 Å². The standard InChI is InChI=1S/C13H18ClFO2/c1-13(2,3)17-8-11(16)6-9-4-5-10(14)7-12(9)15/h4-5,7,11,16H,6,8H2,1-3H3. The van der Waals surface area contributed by atoms with Gasteiger partial charge in [-0.3, -0.25) is 0 Å². The minimum atomic E-state index is -0.718. The van der Waals surface area contributed by atoms with Crippen molar-refractivity contribution in [3.05, 3.63) is 34.6 Å². The number of rotatable bonds is 4. The third-order valence-electron chi connectivity index (χ3n) is 2.18. The highest BCUT2D eigenvalue weighted by molar-refractivity contribution is 6.30. The van der Waals surface area contributed by atoms with Crippen molar-refractivity contribution in [2.75, 3.05) is 6.61 Å². The van der Waals surface area contributed by atoms with E-state index in [1.165, 1.54) is 6.07 Å². The quantitative estimate of drug-likeness (QED) is 0.901. The van der Waals surface area contributed by atoms with Crippen molar-refractivity contribution in [2.24, 2.45) is 0 Å². The van der Waals surface area contributed by atoms with Crippen molar-refractivity contribution >= 4 is 11.6 Å². The van der Waals surface area contributed by atoms with Crippen molar-refractivity contribution in [2.45, 2.75) is 38.9 Å². The lowest BCUT2D eigenvalue weighted by molar-refractivity contribution is -0.0484. The number of aliphatic hydroxyl groups is 1. The van der Waals surface area contributed by atoms with E-state index in [-0.39, 0.29) is 18.6 Å². The first-order valence-electron chi connectivity index (χ1n) is 5.54. The Bertz CT molecular complexity index is 374. The Morgan fingerprint density at radius 2 is 2.06 bits per heavy atom. The number of hydrogen-bond donors (Lipinski definition) is 1. The first kappa shape index (κ1) is 14.4. The molecule has 17 heavy (non-hydrogen) atoms. The fourth-order valence-corrected chi connectivity index (χ4v) is 1.50. The molecule has 0 bridgehead atoms. The van der Waals surface area contributed by atoms with Crippen LogP contribution >= 0.6 is 11.6 Å². The zero-order valence-electron chi connectivity index (χ0n) is 10.3. The minimum Gasteiger partial charge on any atom is -0.390 e. The van der Waals surface area contributed by atoms with Crippen LogP contribution in [0.2, 0.25) is 5.02 Å². The summed E-state index contributed by atoms with van der Waals surface area (Å²) >= 11 is 5.65. The zero-order valence-corrected chi connectivity index (χ0v) is 11.1. The van der Waals surface area contributed by atoms with Gasteiger partial charge in [0.05, 0.1) is 18.3 Å². The lowest BCUT2D eigenvalue weighted by Crippen LogP contribution is -2.27. The molecule has 0 aliphatic rings. The smallest absolute Gasteiger partial charge is 0.127 e. The summed E-state index contributed by atoms with van der Waals surface area (Å²) in [6.07, 6.45) is -0.496. The Balaban J connectivity index is 2.53. The summed E-state index contributed by atoms with van der Waals surface area (Å²) in [6.45, 7) is 5.90. The number of hydrogen-bond acceptors (Lipinski definition) is 2. The molecule has 1 rings (SSSR count). The summed E-state index contributed by atoms with van der Waals surface area (Å²) in [6, 6.07) is 4.43. The van der Waals surface area contributed by atoms with Gasteiger partial charge in [0, 0.05) is 11.4 Å². The van der Waals surface area contributed by atoms with Gasteiger partial charge < -0.3 is 9.84 Å². The molecule has 0 aliphatic heterocycles. The SMILES string of the molecule is CC(C)(C)OCC(O)Cc1ccc(Cl)cc1F. The molecule has 0 spiro atoms. The van der Waals surface area contributed by atoms with Crippen LogP contribution in [0, 0.1) is 5.82 Å². The van der Waals surface area contributed by atoms with Gasteiger partial charge >= 0.3 is 0 Å². The monoisotopic (exact) mass is 260 g/mol. The van der Waals surface area contributed by atoms with Gasteiger partial charge in [-0.2, -0.15) is 0 Å². The Morgan fingerprint density at radius 1 is 1.41 bits per heavy atom. The second-order valence-corrected chi connectivity index (χ2v) is 5.45. The zero-order chi connectivity index (χ0) is 13.1.